The highest BCUT2D eigenvalue weighted by atomic mass is 28.3. The van der Waals surface area contributed by atoms with E-state index in [1.807, 2.05) is 12.1 Å². The van der Waals surface area contributed by atoms with Crippen molar-refractivity contribution in [2.45, 2.75) is 13.8 Å². The van der Waals surface area contributed by atoms with Crippen molar-refractivity contribution < 1.29 is 4.42 Å². The van der Waals surface area contributed by atoms with Gasteiger partial charge in [0.25, 0.3) is 0 Å². The molecule has 286 valence electrons. The lowest BCUT2D eigenvalue weighted by molar-refractivity contribution is 0.669. The number of nitrogens with zero attached hydrogens (tertiary/aromatic N) is 2. The largest absolute Gasteiger partial charge is 0.456 e. The van der Waals surface area contributed by atoms with Crippen LogP contribution in [0, 0.1) is 13.8 Å². The predicted molar refractivity (Wildman–Crippen MR) is 255 cm³/mol. The molecule has 0 atom stereocenters. The maximum absolute atomic E-state index is 6.48. The molecule has 0 spiro atoms. The molecule has 0 unspecified atom stereocenters. The molecule has 3 nitrogen and oxygen atoms in total. The van der Waals surface area contributed by atoms with Crippen LogP contribution >= 0.6 is 0 Å². The summed E-state index contributed by atoms with van der Waals surface area (Å²) in [5.74, 6) is 0. The summed E-state index contributed by atoms with van der Waals surface area (Å²) in [6.45, 7) is 4.44. The van der Waals surface area contributed by atoms with Gasteiger partial charge in [0.1, 0.15) is 11.2 Å². The van der Waals surface area contributed by atoms with Gasteiger partial charge < -0.3 is 14.2 Å². The van der Waals surface area contributed by atoms with Crippen LogP contribution in [0.2, 0.25) is 0 Å². The maximum Gasteiger partial charge on any atom is 0.181 e. The highest BCUT2D eigenvalue weighted by Gasteiger charge is 2.50. The second-order valence-corrected chi connectivity index (χ2v) is 19.5. The van der Waals surface area contributed by atoms with Crippen molar-refractivity contribution in [3.05, 3.63) is 230 Å². The second-order valence-electron chi connectivity index (χ2n) is 15.8. The van der Waals surface area contributed by atoms with Gasteiger partial charge in [-0.2, -0.15) is 0 Å². The number of rotatable bonds is 8. The normalized spacial score (nSPS) is 12.6. The summed E-state index contributed by atoms with van der Waals surface area (Å²) in [7, 11) is -2.95. The molecule has 0 radical (unpaired) electrons. The van der Waals surface area contributed by atoms with E-state index in [9.17, 15) is 0 Å². The molecule has 9 aromatic carbocycles. The van der Waals surface area contributed by atoms with Crippen LogP contribution < -0.4 is 30.5 Å². The number of furan rings is 1. The second kappa shape index (κ2) is 14.5. The highest BCUT2D eigenvalue weighted by molar-refractivity contribution is 7.22. The van der Waals surface area contributed by atoms with Crippen molar-refractivity contribution >= 4 is 84.9 Å². The van der Waals surface area contributed by atoms with E-state index in [-0.39, 0.29) is 0 Å². The Morgan fingerprint density at radius 2 is 0.900 bits per heavy atom. The lowest BCUT2D eigenvalue weighted by Crippen LogP contribution is -2.72. The average Bonchev–Trinajstić information content (AvgIpc) is 3.82. The lowest BCUT2D eigenvalue weighted by Gasteiger charge is -2.33. The smallest absolute Gasteiger partial charge is 0.181 e. The molecule has 11 rings (SSSR count). The molecule has 0 amide bonds. The quantitative estimate of drug-likeness (QED) is 0.143. The zero-order chi connectivity index (χ0) is 40.2. The SMILES string of the molecule is Cc1ccccc1N(c1ccccc1C)c1cccc2c1-c1ccc(N(c3ccccc3)c3ccc4c(c3)oc3ccccc34)cc1[Si]2(c1ccccc1)c1ccccc1. The Morgan fingerprint density at radius 1 is 0.367 bits per heavy atom. The van der Waals surface area contributed by atoms with E-state index in [1.54, 1.807) is 0 Å². The predicted octanol–water partition coefficient (Wildman–Crippen LogP) is 12.5. The van der Waals surface area contributed by atoms with Gasteiger partial charge >= 0.3 is 0 Å². The van der Waals surface area contributed by atoms with Crippen LogP contribution in [0.3, 0.4) is 0 Å². The third-order valence-corrected chi connectivity index (χ3v) is 17.2. The van der Waals surface area contributed by atoms with Gasteiger partial charge in [0.2, 0.25) is 0 Å². The van der Waals surface area contributed by atoms with Gasteiger partial charge in [-0.25, -0.2) is 0 Å². The topological polar surface area (TPSA) is 19.6 Å². The van der Waals surface area contributed by atoms with Crippen LogP contribution in [-0.2, 0) is 0 Å². The van der Waals surface area contributed by atoms with E-state index in [0.717, 1.165) is 39.0 Å². The molecule has 0 fully saturated rings. The van der Waals surface area contributed by atoms with Crippen LogP contribution in [0.1, 0.15) is 11.1 Å². The van der Waals surface area contributed by atoms with E-state index in [2.05, 4.69) is 230 Å². The summed E-state index contributed by atoms with van der Waals surface area (Å²) in [5, 5.41) is 7.73. The van der Waals surface area contributed by atoms with Crippen molar-refractivity contribution in [3.8, 4) is 11.1 Å². The molecule has 60 heavy (non-hydrogen) atoms. The first-order valence-corrected chi connectivity index (χ1v) is 22.7. The monoisotopic (exact) mass is 786 g/mol. The van der Waals surface area contributed by atoms with Crippen molar-refractivity contribution in [1.82, 2.24) is 0 Å². The molecule has 1 aromatic heterocycles. The number of para-hydroxylation sites is 4. The first kappa shape index (κ1) is 35.7. The fourth-order valence-corrected chi connectivity index (χ4v) is 14.9. The van der Waals surface area contributed by atoms with Crippen LogP contribution in [0.5, 0.6) is 0 Å². The molecule has 0 aliphatic carbocycles. The Morgan fingerprint density at radius 3 is 1.57 bits per heavy atom. The minimum atomic E-state index is -2.95. The van der Waals surface area contributed by atoms with Gasteiger partial charge in [-0.15, -0.1) is 0 Å². The molecule has 2 heterocycles. The molecule has 1 aliphatic rings. The van der Waals surface area contributed by atoms with E-state index >= 15 is 0 Å². The summed E-state index contributed by atoms with van der Waals surface area (Å²) < 4.78 is 6.48. The summed E-state index contributed by atoms with van der Waals surface area (Å²) in [6, 6.07) is 80.1. The number of hydrogen-bond acceptors (Lipinski definition) is 3. The molecule has 0 saturated carbocycles. The number of hydrogen-bond donors (Lipinski definition) is 0. The number of fused-ring (bicyclic) bond motifs is 6. The number of anilines is 6. The molecule has 1 aliphatic heterocycles. The average molecular weight is 787 g/mol. The number of aryl methyl sites for hydroxylation is 2. The molecule has 0 N–H and O–H groups in total. The zero-order valence-corrected chi connectivity index (χ0v) is 34.6. The summed E-state index contributed by atoms with van der Waals surface area (Å²) in [6.07, 6.45) is 0. The third-order valence-electron chi connectivity index (χ3n) is 12.4. The van der Waals surface area contributed by atoms with Crippen LogP contribution in [-0.4, -0.2) is 8.07 Å². The third kappa shape index (κ3) is 5.56. The Kier molecular flexibility index (Phi) is 8.61. The molecule has 4 heteroatoms. The van der Waals surface area contributed by atoms with Crippen molar-refractivity contribution in [2.75, 3.05) is 9.80 Å². The Hall–Kier alpha value is -7.40. The molecule has 10 aromatic rings. The summed E-state index contributed by atoms with van der Waals surface area (Å²) in [4.78, 5) is 4.89. The van der Waals surface area contributed by atoms with Crippen molar-refractivity contribution in [3.63, 3.8) is 0 Å². The molecule has 0 saturated heterocycles. The maximum atomic E-state index is 6.48. The zero-order valence-electron chi connectivity index (χ0n) is 33.6. The summed E-state index contributed by atoms with van der Waals surface area (Å²) >= 11 is 0. The standard InChI is InChI=1S/C56H42N2OSi/c1-39-19-12-15-28-49(39)58(50-29-16-13-20-40(50)2)51-30-18-32-54-56(51)48-36-34-43(38-55(48)60(54,44-23-8-4-9-24-44)45-25-10-5-11-26-45)57(41-21-6-3-7-22-41)42-33-35-47-46-27-14-17-31-52(46)59-53(47)37-42/h3-38H,1-2H3. The van der Waals surface area contributed by atoms with Crippen molar-refractivity contribution in [1.29, 1.82) is 0 Å². The van der Waals surface area contributed by atoms with Crippen molar-refractivity contribution in [2.24, 2.45) is 0 Å². The van der Waals surface area contributed by atoms with Gasteiger partial charge in [0.15, 0.2) is 8.07 Å². The summed E-state index contributed by atoms with van der Waals surface area (Å²) in [5.41, 5.74) is 13.5. The van der Waals surface area contributed by atoms with E-state index in [4.69, 9.17) is 4.42 Å². The van der Waals surface area contributed by atoms with Crippen LogP contribution in [0.15, 0.2) is 223 Å². The lowest BCUT2D eigenvalue weighted by atomic mass is 10.00. The molecular weight excluding hydrogens is 745 g/mol. The van der Waals surface area contributed by atoms with E-state index in [1.165, 1.54) is 60.1 Å². The molecular formula is C56H42N2OSi. The first-order valence-electron chi connectivity index (χ1n) is 20.7. The highest BCUT2D eigenvalue weighted by Crippen LogP contribution is 2.46. The Bertz CT molecular complexity index is 3110. The van der Waals surface area contributed by atoms with Crippen LogP contribution in [0.25, 0.3) is 33.1 Å². The minimum absolute atomic E-state index is 0.873. The van der Waals surface area contributed by atoms with Gasteiger partial charge in [-0.3, -0.25) is 0 Å². The minimum Gasteiger partial charge on any atom is -0.456 e. The fourth-order valence-electron chi connectivity index (χ4n) is 9.73. The number of benzene rings is 9. The Labute approximate surface area is 352 Å². The van der Waals surface area contributed by atoms with Crippen LogP contribution in [0.4, 0.5) is 34.1 Å². The molecule has 0 bridgehead atoms. The Balaban J connectivity index is 1.22. The van der Waals surface area contributed by atoms with Gasteiger partial charge in [0, 0.05) is 50.8 Å². The van der Waals surface area contributed by atoms with E-state index < -0.39 is 8.07 Å². The first-order chi connectivity index (χ1) is 29.6. The van der Waals surface area contributed by atoms with E-state index in [0.29, 0.717) is 0 Å². The fraction of sp³-hybridized carbons (Fsp3) is 0.0357. The van der Waals surface area contributed by atoms with Gasteiger partial charge in [-0.1, -0.05) is 152 Å². The van der Waals surface area contributed by atoms with Gasteiger partial charge in [0.05, 0.1) is 5.69 Å². The van der Waals surface area contributed by atoms with Gasteiger partial charge in [-0.05, 0) is 112 Å².